The maximum absolute atomic E-state index is 6.40. The highest BCUT2D eigenvalue weighted by Gasteiger charge is 2.69. The number of benzene rings is 2. The SMILES string of the molecule is CC1(Cc2ccccc2)C2CCC(CN)(C2)CC2(c3ccccc3)CC21. The van der Waals surface area contributed by atoms with Gasteiger partial charge in [0.25, 0.3) is 0 Å². The van der Waals surface area contributed by atoms with E-state index in [1.807, 2.05) is 0 Å². The molecule has 0 heterocycles. The highest BCUT2D eigenvalue weighted by molar-refractivity contribution is 5.38. The Morgan fingerprint density at radius 1 is 0.962 bits per heavy atom. The van der Waals surface area contributed by atoms with E-state index in [0.29, 0.717) is 16.2 Å². The van der Waals surface area contributed by atoms with Gasteiger partial charge in [0, 0.05) is 0 Å². The molecule has 1 heteroatoms. The van der Waals surface area contributed by atoms with Crippen molar-refractivity contribution in [2.75, 3.05) is 6.54 Å². The third-order valence-corrected chi connectivity index (χ3v) is 8.41. The first kappa shape index (κ1) is 16.6. The number of fused-ring (bicyclic) bond motifs is 3. The Morgan fingerprint density at radius 3 is 2.35 bits per heavy atom. The van der Waals surface area contributed by atoms with Gasteiger partial charge in [-0.1, -0.05) is 67.6 Å². The summed E-state index contributed by atoms with van der Waals surface area (Å²) in [7, 11) is 0. The molecule has 1 nitrogen and oxygen atoms in total. The molecule has 0 radical (unpaired) electrons. The van der Waals surface area contributed by atoms with Crippen molar-refractivity contribution >= 4 is 0 Å². The van der Waals surface area contributed by atoms with Crippen LogP contribution in [0.25, 0.3) is 0 Å². The van der Waals surface area contributed by atoms with Crippen LogP contribution in [0.2, 0.25) is 0 Å². The van der Waals surface area contributed by atoms with Crippen LogP contribution in [-0.4, -0.2) is 6.54 Å². The minimum absolute atomic E-state index is 0.374. The summed E-state index contributed by atoms with van der Waals surface area (Å²) in [5.41, 5.74) is 10.6. The lowest BCUT2D eigenvalue weighted by Crippen LogP contribution is -2.33. The molecule has 2 N–H and O–H groups in total. The maximum Gasteiger partial charge on any atom is -0.000413 e. The van der Waals surface area contributed by atoms with Crippen molar-refractivity contribution in [3.63, 3.8) is 0 Å². The molecule has 3 saturated carbocycles. The average molecular weight is 346 g/mol. The van der Waals surface area contributed by atoms with Crippen LogP contribution in [0.5, 0.6) is 0 Å². The van der Waals surface area contributed by atoms with E-state index in [1.165, 1.54) is 44.1 Å². The van der Waals surface area contributed by atoms with Gasteiger partial charge in [0.1, 0.15) is 0 Å². The molecule has 5 unspecified atom stereocenters. The Morgan fingerprint density at radius 2 is 1.65 bits per heavy atom. The van der Waals surface area contributed by atoms with Crippen molar-refractivity contribution in [2.45, 2.75) is 50.9 Å². The van der Waals surface area contributed by atoms with Gasteiger partial charge in [-0.25, -0.2) is 0 Å². The minimum Gasteiger partial charge on any atom is -0.330 e. The Hall–Kier alpha value is -1.60. The van der Waals surface area contributed by atoms with Crippen LogP contribution in [0.4, 0.5) is 0 Å². The zero-order valence-corrected chi connectivity index (χ0v) is 16.0. The molecular weight excluding hydrogens is 314 g/mol. The first-order valence-electron chi connectivity index (χ1n) is 10.4. The Kier molecular flexibility index (Phi) is 3.63. The van der Waals surface area contributed by atoms with Crippen molar-refractivity contribution in [1.29, 1.82) is 0 Å². The quantitative estimate of drug-likeness (QED) is 0.795. The normalized spacial score (nSPS) is 40.7. The van der Waals surface area contributed by atoms with E-state index < -0.39 is 0 Å². The molecule has 0 amide bonds. The van der Waals surface area contributed by atoms with Gasteiger partial charge in [-0.15, -0.1) is 0 Å². The second-order valence-electron chi connectivity index (χ2n) is 9.77. The molecule has 2 aromatic carbocycles. The first-order valence-corrected chi connectivity index (χ1v) is 10.4. The zero-order valence-electron chi connectivity index (χ0n) is 16.0. The molecule has 0 aliphatic heterocycles. The van der Waals surface area contributed by atoms with Gasteiger partial charge < -0.3 is 5.73 Å². The Balaban J connectivity index is 1.58. The van der Waals surface area contributed by atoms with Crippen molar-refractivity contribution in [3.8, 4) is 0 Å². The minimum atomic E-state index is 0.374. The van der Waals surface area contributed by atoms with E-state index in [9.17, 15) is 0 Å². The highest BCUT2D eigenvalue weighted by atomic mass is 14.8. The summed E-state index contributed by atoms with van der Waals surface area (Å²) in [5.74, 6) is 1.63. The topological polar surface area (TPSA) is 26.0 Å². The summed E-state index contributed by atoms with van der Waals surface area (Å²) in [4.78, 5) is 0. The molecule has 0 spiro atoms. The zero-order chi connectivity index (χ0) is 17.8. The summed E-state index contributed by atoms with van der Waals surface area (Å²) in [6, 6.07) is 22.6. The smallest absolute Gasteiger partial charge is 0.000413 e. The monoisotopic (exact) mass is 345 g/mol. The molecule has 2 bridgehead atoms. The molecule has 5 atom stereocenters. The maximum atomic E-state index is 6.40. The molecule has 3 aliphatic carbocycles. The van der Waals surface area contributed by atoms with Crippen LogP contribution < -0.4 is 5.73 Å². The van der Waals surface area contributed by atoms with Gasteiger partial charge in [0.05, 0.1) is 0 Å². The van der Waals surface area contributed by atoms with Crippen LogP contribution in [0.1, 0.15) is 50.2 Å². The molecule has 3 aliphatic rings. The van der Waals surface area contributed by atoms with E-state index >= 15 is 0 Å². The molecule has 5 rings (SSSR count). The van der Waals surface area contributed by atoms with E-state index in [-0.39, 0.29) is 0 Å². The van der Waals surface area contributed by atoms with Crippen LogP contribution in [0.3, 0.4) is 0 Å². The van der Waals surface area contributed by atoms with Crippen molar-refractivity contribution in [3.05, 3.63) is 71.8 Å². The van der Waals surface area contributed by atoms with Crippen LogP contribution in [-0.2, 0) is 11.8 Å². The average Bonchev–Trinajstić information content (AvgIpc) is 3.26. The molecule has 3 fully saturated rings. The fraction of sp³-hybridized carbons (Fsp3) is 0.520. The standard InChI is InChI=1S/C25H31N/c1-23(14-19-8-4-2-5-9-19)21-12-13-24(15-21,18-26)17-25(16-22(23)25)20-10-6-3-7-11-20/h2-11,21-22H,12-18,26H2,1H3. The number of hydrogen-bond donors (Lipinski definition) is 1. The highest BCUT2D eigenvalue weighted by Crippen LogP contribution is 2.74. The molecule has 0 saturated heterocycles. The predicted octanol–water partition coefficient (Wildman–Crippen LogP) is 5.34. The van der Waals surface area contributed by atoms with Crippen molar-refractivity contribution < 1.29 is 0 Å². The third-order valence-electron chi connectivity index (χ3n) is 8.41. The van der Waals surface area contributed by atoms with Crippen LogP contribution >= 0.6 is 0 Å². The number of nitrogens with two attached hydrogens (primary N) is 1. The van der Waals surface area contributed by atoms with Gasteiger partial charge >= 0.3 is 0 Å². The largest absolute Gasteiger partial charge is 0.330 e. The fourth-order valence-corrected chi connectivity index (χ4v) is 7.00. The molecule has 0 aromatic heterocycles. The summed E-state index contributed by atoms with van der Waals surface area (Å²) in [6.45, 7) is 3.48. The van der Waals surface area contributed by atoms with Crippen LogP contribution in [0, 0.1) is 22.7 Å². The second-order valence-corrected chi connectivity index (χ2v) is 9.77. The van der Waals surface area contributed by atoms with Gasteiger partial charge in [-0.2, -0.15) is 0 Å². The van der Waals surface area contributed by atoms with Crippen molar-refractivity contribution in [2.24, 2.45) is 28.4 Å². The number of rotatable bonds is 4. The van der Waals surface area contributed by atoms with E-state index in [1.54, 1.807) is 5.56 Å². The van der Waals surface area contributed by atoms with Gasteiger partial charge in [-0.05, 0) is 84.3 Å². The van der Waals surface area contributed by atoms with Crippen LogP contribution in [0.15, 0.2) is 60.7 Å². The molecule has 2 aromatic rings. The lowest BCUT2D eigenvalue weighted by molar-refractivity contribution is 0.143. The summed E-state index contributed by atoms with van der Waals surface area (Å²) in [5, 5.41) is 0. The molecule has 26 heavy (non-hydrogen) atoms. The fourth-order valence-electron chi connectivity index (χ4n) is 7.00. The van der Waals surface area contributed by atoms with E-state index in [2.05, 4.69) is 67.6 Å². The summed E-state index contributed by atoms with van der Waals surface area (Å²) in [6.07, 6.45) is 7.95. The summed E-state index contributed by atoms with van der Waals surface area (Å²) >= 11 is 0. The lowest BCUT2D eigenvalue weighted by atomic mass is 9.66. The molecular formula is C25H31N. The lowest BCUT2D eigenvalue weighted by Gasteiger charge is -2.38. The van der Waals surface area contributed by atoms with Gasteiger partial charge in [-0.3, -0.25) is 0 Å². The Labute approximate surface area is 158 Å². The van der Waals surface area contributed by atoms with E-state index in [0.717, 1.165) is 18.4 Å². The Bertz CT molecular complexity index is 784. The van der Waals surface area contributed by atoms with E-state index in [4.69, 9.17) is 5.73 Å². The first-order chi connectivity index (χ1) is 12.6. The van der Waals surface area contributed by atoms with Crippen molar-refractivity contribution in [1.82, 2.24) is 0 Å². The third kappa shape index (κ3) is 2.33. The number of hydrogen-bond acceptors (Lipinski definition) is 1. The molecule has 136 valence electrons. The second kappa shape index (κ2) is 5.70. The summed E-state index contributed by atoms with van der Waals surface area (Å²) < 4.78 is 0. The van der Waals surface area contributed by atoms with Gasteiger partial charge in [0.2, 0.25) is 0 Å². The van der Waals surface area contributed by atoms with Gasteiger partial charge in [0.15, 0.2) is 0 Å². The predicted molar refractivity (Wildman–Crippen MR) is 108 cm³/mol.